The van der Waals surface area contributed by atoms with Crippen LogP contribution in [0.25, 0.3) is 0 Å². The van der Waals surface area contributed by atoms with Gasteiger partial charge in [0.2, 0.25) is 0 Å². The molecule has 0 spiro atoms. The van der Waals surface area contributed by atoms with Crippen molar-refractivity contribution in [2.75, 3.05) is 0 Å². The first kappa shape index (κ1) is 20.4. The quantitative estimate of drug-likeness (QED) is 0.257. The molecule has 148 valence electrons. The van der Waals surface area contributed by atoms with Gasteiger partial charge in [0.15, 0.2) is 0 Å². The lowest BCUT2D eigenvalue weighted by atomic mass is 9.80. The number of hydrogen-bond acceptors (Lipinski definition) is 3. The van der Waals surface area contributed by atoms with Gasteiger partial charge in [0.25, 0.3) is 0 Å². The van der Waals surface area contributed by atoms with Crippen molar-refractivity contribution in [2.24, 2.45) is 0 Å². The molecule has 0 amide bonds. The highest BCUT2D eigenvalue weighted by Gasteiger charge is 2.23. The maximum atomic E-state index is 11.7. The van der Waals surface area contributed by atoms with Crippen LogP contribution in [0.5, 0.6) is 11.5 Å². The summed E-state index contributed by atoms with van der Waals surface area (Å²) in [4.78, 5) is 11.7. The lowest BCUT2D eigenvalue weighted by Gasteiger charge is -2.24. The fourth-order valence-electron chi connectivity index (χ4n) is 3.69. The summed E-state index contributed by atoms with van der Waals surface area (Å²) in [6.07, 6.45) is 1.16. The van der Waals surface area contributed by atoms with E-state index in [1.54, 1.807) is 0 Å². The number of aryl methyl sites for hydroxylation is 4. The van der Waals surface area contributed by atoms with Crippen LogP contribution >= 0.6 is 0 Å². The molecule has 0 saturated heterocycles. The number of aromatic hydroxyl groups is 1. The molecule has 0 aromatic heterocycles. The van der Waals surface area contributed by atoms with Crippen LogP contribution in [-0.2, 0) is 4.79 Å². The third-order valence-electron chi connectivity index (χ3n) is 5.28. The highest BCUT2D eigenvalue weighted by molar-refractivity contribution is 5.83. The van der Waals surface area contributed by atoms with Gasteiger partial charge in [0.05, 0.1) is 0 Å². The van der Waals surface area contributed by atoms with E-state index in [0.29, 0.717) is 11.5 Å². The predicted molar refractivity (Wildman–Crippen MR) is 117 cm³/mol. The number of phenolic OH excluding ortho intramolecular Hbond substituents is 1. The molecular weight excluding hydrogens is 360 g/mol. The Morgan fingerprint density at radius 2 is 1.48 bits per heavy atom. The lowest BCUT2D eigenvalue weighted by Crippen LogP contribution is -2.10. The third kappa shape index (κ3) is 4.24. The standard InChI is InChI=1S/C26H26O3/c1-6-25(28)29-24-15-17(3)22(13-19(24)5)26(20-10-8-7-9-11-20)21-12-18(4)23(27)14-16(21)2/h6-15,26-27H,1H2,2-5H3. The Morgan fingerprint density at radius 1 is 0.897 bits per heavy atom. The van der Waals surface area contributed by atoms with Crippen LogP contribution in [0.15, 0.2) is 67.3 Å². The van der Waals surface area contributed by atoms with E-state index >= 15 is 0 Å². The van der Waals surface area contributed by atoms with Gasteiger partial charge in [-0.25, -0.2) is 4.79 Å². The van der Waals surface area contributed by atoms with Gasteiger partial charge in [-0.3, -0.25) is 0 Å². The second kappa shape index (κ2) is 8.36. The molecule has 3 nitrogen and oxygen atoms in total. The zero-order valence-electron chi connectivity index (χ0n) is 17.3. The van der Waals surface area contributed by atoms with Gasteiger partial charge >= 0.3 is 5.97 Å². The molecule has 1 N–H and O–H groups in total. The third-order valence-corrected chi connectivity index (χ3v) is 5.28. The summed E-state index contributed by atoms with van der Waals surface area (Å²) >= 11 is 0. The molecule has 0 fully saturated rings. The molecule has 0 aliphatic carbocycles. The summed E-state index contributed by atoms with van der Waals surface area (Å²) in [5, 5.41) is 10.1. The molecule has 0 heterocycles. The fraction of sp³-hybridized carbons (Fsp3) is 0.192. The maximum Gasteiger partial charge on any atom is 0.335 e. The number of esters is 1. The van der Waals surface area contributed by atoms with Crippen molar-refractivity contribution in [3.05, 3.63) is 106 Å². The van der Waals surface area contributed by atoms with Crippen LogP contribution < -0.4 is 4.74 Å². The van der Waals surface area contributed by atoms with E-state index in [2.05, 4.69) is 30.8 Å². The number of carbonyl (C=O) groups is 1. The number of ether oxygens (including phenoxy) is 1. The first-order chi connectivity index (χ1) is 13.8. The molecule has 3 rings (SSSR count). The van der Waals surface area contributed by atoms with Crippen LogP contribution in [0, 0.1) is 27.7 Å². The van der Waals surface area contributed by atoms with Gasteiger partial charge in [-0.1, -0.05) is 49.0 Å². The van der Waals surface area contributed by atoms with E-state index in [1.165, 1.54) is 5.56 Å². The average Bonchev–Trinajstić information content (AvgIpc) is 2.70. The van der Waals surface area contributed by atoms with Crippen molar-refractivity contribution < 1.29 is 14.6 Å². The minimum absolute atomic E-state index is 0.00152. The van der Waals surface area contributed by atoms with Crippen LogP contribution in [0.4, 0.5) is 0 Å². The predicted octanol–water partition coefficient (Wildman–Crippen LogP) is 5.90. The van der Waals surface area contributed by atoms with Gasteiger partial charge in [0.1, 0.15) is 11.5 Å². The zero-order valence-corrected chi connectivity index (χ0v) is 17.3. The van der Waals surface area contributed by atoms with Crippen LogP contribution in [-0.4, -0.2) is 11.1 Å². The molecule has 29 heavy (non-hydrogen) atoms. The average molecular weight is 386 g/mol. The van der Waals surface area contributed by atoms with Gasteiger partial charge in [-0.2, -0.15) is 0 Å². The van der Waals surface area contributed by atoms with Gasteiger partial charge in [0, 0.05) is 12.0 Å². The largest absolute Gasteiger partial charge is 0.508 e. The molecule has 1 atom stereocenters. The van der Waals surface area contributed by atoms with Crippen molar-refractivity contribution in [1.82, 2.24) is 0 Å². The van der Waals surface area contributed by atoms with Crippen molar-refractivity contribution in [1.29, 1.82) is 0 Å². The van der Waals surface area contributed by atoms with Gasteiger partial charge < -0.3 is 9.84 Å². The summed E-state index contributed by atoms with van der Waals surface area (Å²) in [5.74, 6) is 0.377. The van der Waals surface area contributed by atoms with Crippen molar-refractivity contribution in [2.45, 2.75) is 33.6 Å². The highest BCUT2D eigenvalue weighted by atomic mass is 16.5. The Hall–Kier alpha value is -3.33. The molecule has 0 aliphatic heterocycles. The van der Waals surface area contributed by atoms with E-state index in [1.807, 2.05) is 58.0 Å². The molecule has 0 aliphatic rings. The summed E-state index contributed by atoms with van der Waals surface area (Å²) in [7, 11) is 0. The summed E-state index contributed by atoms with van der Waals surface area (Å²) < 4.78 is 5.39. The number of hydrogen-bond donors (Lipinski definition) is 1. The summed E-state index contributed by atoms with van der Waals surface area (Å²) in [6, 6.07) is 18.2. The highest BCUT2D eigenvalue weighted by Crippen LogP contribution is 2.39. The molecule has 0 saturated carbocycles. The van der Waals surface area contributed by atoms with Crippen LogP contribution in [0.1, 0.15) is 44.9 Å². The normalized spacial score (nSPS) is 11.7. The van der Waals surface area contributed by atoms with E-state index in [-0.39, 0.29) is 5.92 Å². The van der Waals surface area contributed by atoms with E-state index in [4.69, 9.17) is 4.74 Å². The van der Waals surface area contributed by atoms with Crippen LogP contribution in [0.3, 0.4) is 0 Å². The first-order valence-electron chi connectivity index (χ1n) is 9.62. The minimum atomic E-state index is -0.468. The smallest absolute Gasteiger partial charge is 0.335 e. The van der Waals surface area contributed by atoms with Crippen molar-refractivity contribution >= 4 is 5.97 Å². The fourth-order valence-corrected chi connectivity index (χ4v) is 3.69. The van der Waals surface area contributed by atoms with Crippen LogP contribution in [0.2, 0.25) is 0 Å². The Kier molecular flexibility index (Phi) is 5.88. The number of rotatable bonds is 5. The molecule has 3 aromatic rings. The second-order valence-corrected chi connectivity index (χ2v) is 7.44. The Labute approximate surface area is 172 Å². The monoisotopic (exact) mass is 386 g/mol. The lowest BCUT2D eigenvalue weighted by molar-refractivity contribution is -0.129. The van der Waals surface area contributed by atoms with E-state index < -0.39 is 5.97 Å². The molecular formula is C26H26O3. The number of carbonyl (C=O) groups excluding carboxylic acids is 1. The number of benzene rings is 3. The summed E-state index contributed by atoms with van der Waals surface area (Å²) in [5.41, 5.74) is 7.24. The number of phenols is 1. The first-order valence-corrected chi connectivity index (χ1v) is 9.62. The second-order valence-electron chi connectivity index (χ2n) is 7.44. The molecule has 0 bridgehead atoms. The maximum absolute atomic E-state index is 11.7. The molecule has 0 radical (unpaired) electrons. The summed E-state index contributed by atoms with van der Waals surface area (Å²) in [6.45, 7) is 11.4. The topological polar surface area (TPSA) is 46.5 Å². The van der Waals surface area contributed by atoms with Gasteiger partial charge in [-0.05, 0) is 78.8 Å². The molecule has 3 heteroatoms. The molecule has 1 unspecified atom stereocenters. The van der Waals surface area contributed by atoms with E-state index in [9.17, 15) is 9.90 Å². The molecule has 3 aromatic carbocycles. The van der Waals surface area contributed by atoms with Crippen molar-refractivity contribution in [3.8, 4) is 11.5 Å². The van der Waals surface area contributed by atoms with Gasteiger partial charge in [-0.15, -0.1) is 0 Å². The van der Waals surface area contributed by atoms with Crippen molar-refractivity contribution in [3.63, 3.8) is 0 Å². The Bertz CT molecular complexity index is 1070. The zero-order chi connectivity index (χ0) is 21.1. The minimum Gasteiger partial charge on any atom is -0.508 e. The van der Waals surface area contributed by atoms with E-state index in [0.717, 1.165) is 39.5 Å². The Balaban J connectivity index is 2.21. The SMILES string of the molecule is C=CC(=O)Oc1cc(C)c(C(c2ccccc2)c2cc(C)c(O)cc2C)cc1C. The Morgan fingerprint density at radius 3 is 2.10 bits per heavy atom.